The van der Waals surface area contributed by atoms with Crippen LogP contribution in [-0.2, 0) is 11.3 Å². The lowest BCUT2D eigenvalue weighted by Gasteiger charge is -2.33. The zero-order valence-corrected chi connectivity index (χ0v) is 15.5. The number of rotatable bonds is 4. The van der Waals surface area contributed by atoms with Gasteiger partial charge in [-0.25, -0.2) is 9.97 Å². The SMILES string of the molecule is CC(C(=O)O)C1CCN(Cc2ccc3c(c2)Nc2nccnc2S3)CC1. The number of hydrogen-bond acceptors (Lipinski definition) is 6. The molecule has 1 fully saturated rings. The molecule has 0 bridgehead atoms. The number of carboxylic acids is 1. The zero-order valence-electron chi connectivity index (χ0n) is 14.7. The van der Waals surface area contributed by atoms with Crippen LogP contribution < -0.4 is 5.32 Å². The lowest BCUT2D eigenvalue weighted by Crippen LogP contribution is -2.36. The Balaban J connectivity index is 1.39. The molecule has 0 radical (unpaired) electrons. The molecule has 0 spiro atoms. The standard InChI is InChI=1S/C19H22N4O2S/c1-12(19(24)25)14-4-8-23(9-5-14)11-13-2-3-16-15(10-13)22-17-18(26-16)21-7-6-20-17/h2-3,6-7,10,12,14H,4-5,8-9,11H2,1H3,(H,20,22)(H,24,25). The Morgan fingerprint density at radius 2 is 2.12 bits per heavy atom. The minimum Gasteiger partial charge on any atom is -0.481 e. The van der Waals surface area contributed by atoms with Gasteiger partial charge in [-0.2, -0.15) is 0 Å². The topological polar surface area (TPSA) is 78.4 Å². The van der Waals surface area contributed by atoms with E-state index in [1.165, 1.54) is 5.56 Å². The molecule has 2 aliphatic rings. The average Bonchev–Trinajstić information content (AvgIpc) is 2.66. The van der Waals surface area contributed by atoms with Crippen molar-refractivity contribution in [2.75, 3.05) is 18.4 Å². The highest BCUT2D eigenvalue weighted by Crippen LogP contribution is 2.42. The molecule has 1 atom stereocenters. The summed E-state index contributed by atoms with van der Waals surface area (Å²) in [5.41, 5.74) is 2.34. The van der Waals surface area contributed by atoms with Crippen molar-refractivity contribution in [1.82, 2.24) is 14.9 Å². The lowest BCUT2D eigenvalue weighted by molar-refractivity contribution is -0.143. The lowest BCUT2D eigenvalue weighted by atomic mass is 9.85. The number of carboxylic acid groups (broad SMARTS) is 1. The molecule has 2 aromatic rings. The van der Waals surface area contributed by atoms with Gasteiger partial charge in [0.1, 0.15) is 5.03 Å². The Kier molecular flexibility index (Phi) is 4.82. The highest BCUT2D eigenvalue weighted by Gasteiger charge is 2.28. The van der Waals surface area contributed by atoms with Gasteiger partial charge in [0.15, 0.2) is 5.82 Å². The molecule has 7 heteroatoms. The number of benzene rings is 1. The van der Waals surface area contributed by atoms with Crippen molar-refractivity contribution in [2.24, 2.45) is 11.8 Å². The Bertz CT molecular complexity index is 821. The number of aromatic nitrogens is 2. The number of carbonyl (C=O) groups is 1. The quantitative estimate of drug-likeness (QED) is 0.726. The first kappa shape index (κ1) is 17.3. The molecule has 1 unspecified atom stereocenters. The van der Waals surface area contributed by atoms with Crippen LogP contribution in [0.2, 0.25) is 0 Å². The molecule has 1 aromatic carbocycles. The Hall–Kier alpha value is -2.12. The molecule has 0 saturated carbocycles. The minimum absolute atomic E-state index is 0.247. The van der Waals surface area contributed by atoms with Crippen molar-refractivity contribution in [3.05, 3.63) is 36.2 Å². The first-order valence-corrected chi connectivity index (χ1v) is 9.76. The molecule has 0 aliphatic carbocycles. The maximum atomic E-state index is 11.2. The van der Waals surface area contributed by atoms with E-state index in [1.807, 2.05) is 6.92 Å². The van der Waals surface area contributed by atoms with Crippen molar-refractivity contribution in [3.63, 3.8) is 0 Å². The van der Waals surface area contributed by atoms with Gasteiger partial charge < -0.3 is 10.4 Å². The van der Waals surface area contributed by atoms with Gasteiger partial charge in [-0.1, -0.05) is 24.8 Å². The van der Waals surface area contributed by atoms with Gasteiger partial charge >= 0.3 is 5.97 Å². The molecule has 3 heterocycles. The van der Waals surface area contributed by atoms with Gasteiger partial charge in [0.2, 0.25) is 0 Å². The number of hydrogen-bond donors (Lipinski definition) is 2. The third-order valence-electron chi connectivity index (χ3n) is 5.30. The summed E-state index contributed by atoms with van der Waals surface area (Å²) in [6.45, 7) is 4.63. The number of likely N-dealkylation sites (tertiary alicyclic amines) is 1. The summed E-state index contributed by atoms with van der Waals surface area (Å²) in [5.74, 6) is 0.180. The van der Waals surface area contributed by atoms with Gasteiger partial charge in [-0.15, -0.1) is 0 Å². The summed E-state index contributed by atoms with van der Waals surface area (Å²) in [6, 6.07) is 6.49. The normalized spacial score (nSPS) is 18.5. The van der Waals surface area contributed by atoms with E-state index in [4.69, 9.17) is 0 Å². The average molecular weight is 370 g/mol. The van der Waals surface area contributed by atoms with Gasteiger partial charge in [0.05, 0.1) is 11.6 Å². The van der Waals surface area contributed by atoms with Gasteiger partial charge in [-0.05, 0) is 49.5 Å². The van der Waals surface area contributed by atoms with E-state index >= 15 is 0 Å². The fraction of sp³-hybridized carbons (Fsp3) is 0.421. The number of nitrogens with one attached hydrogen (secondary N) is 1. The van der Waals surface area contributed by atoms with Crippen LogP contribution in [0.4, 0.5) is 11.5 Å². The van der Waals surface area contributed by atoms with Crippen LogP contribution in [0.3, 0.4) is 0 Å². The first-order valence-electron chi connectivity index (χ1n) is 8.94. The van der Waals surface area contributed by atoms with E-state index < -0.39 is 5.97 Å². The predicted octanol–water partition coefficient (Wildman–Crippen LogP) is 3.62. The summed E-state index contributed by atoms with van der Waals surface area (Å²) in [4.78, 5) is 23.4. The van der Waals surface area contributed by atoms with Gasteiger partial charge in [0.25, 0.3) is 0 Å². The van der Waals surface area contributed by atoms with Gasteiger partial charge in [0, 0.05) is 23.8 Å². The van der Waals surface area contributed by atoms with E-state index in [2.05, 4.69) is 38.4 Å². The van der Waals surface area contributed by atoms with Crippen molar-refractivity contribution in [1.29, 1.82) is 0 Å². The van der Waals surface area contributed by atoms with Crippen molar-refractivity contribution in [3.8, 4) is 0 Å². The molecule has 26 heavy (non-hydrogen) atoms. The molecule has 4 rings (SSSR count). The summed E-state index contributed by atoms with van der Waals surface area (Å²) in [7, 11) is 0. The second kappa shape index (κ2) is 7.25. The molecule has 136 valence electrons. The van der Waals surface area contributed by atoms with E-state index in [0.29, 0.717) is 5.92 Å². The summed E-state index contributed by atoms with van der Waals surface area (Å²) in [6.07, 6.45) is 5.32. The minimum atomic E-state index is -0.676. The third kappa shape index (κ3) is 3.54. The fourth-order valence-corrected chi connectivity index (χ4v) is 4.53. The Morgan fingerprint density at radius 1 is 1.35 bits per heavy atom. The largest absolute Gasteiger partial charge is 0.481 e. The van der Waals surface area contributed by atoms with Crippen LogP contribution in [-0.4, -0.2) is 39.0 Å². The Morgan fingerprint density at radius 3 is 2.88 bits per heavy atom. The number of fused-ring (bicyclic) bond motifs is 2. The number of nitrogens with zero attached hydrogens (tertiary/aromatic N) is 3. The van der Waals surface area contributed by atoms with Crippen molar-refractivity contribution >= 4 is 29.2 Å². The molecule has 6 nitrogen and oxygen atoms in total. The van der Waals surface area contributed by atoms with Crippen LogP contribution >= 0.6 is 11.8 Å². The second-order valence-corrected chi connectivity index (χ2v) is 8.04. The second-order valence-electron chi connectivity index (χ2n) is 7.01. The first-order chi connectivity index (χ1) is 12.6. The fourth-order valence-electron chi connectivity index (χ4n) is 3.65. The number of aliphatic carboxylic acids is 1. The molecule has 1 aromatic heterocycles. The van der Waals surface area contributed by atoms with Crippen LogP contribution in [0, 0.1) is 11.8 Å². The van der Waals surface area contributed by atoms with E-state index in [1.54, 1.807) is 24.2 Å². The van der Waals surface area contributed by atoms with Crippen molar-refractivity contribution < 1.29 is 9.90 Å². The maximum absolute atomic E-state index is 11.2. The van der Waals surface area contributed by atoms with Gasteiger partial charge in [-0.3, -0.25) is 9.69 Å². The third-order valence-corrected chi connectivity index (χ3v) is 6.37. The highest BCUT2D eigenvalue weighted by molar-refractivity contribution is 7.99. The number of anilines is 2. The Labute approximate surface area is 157 Å². The molecular formula is C19H22N4O2S. The van der Waals surface area contributed by atoms with Crippen molar-refractivity contribution in [2.45, 2.75) is 36.2 Å². The summed E-state index contributed by atoms with van der Waals surface area (Å²) in [5, 5.41) is 13.5. The van der Waals surface area contributed by atoms with E-state index in [9.17, 15) is 9.90 Å². The number of piperidine rings is 1. The molecular weight excluding hydrogens is 348 g/mol. The maximum Gasteiger partial charge on any atom is 0.306 e. The van der Waals surface area contributed by atoms with E-state index in [-0.39, 0.29) is 5.92 Å². The zero-order chi connectivity index (χ0) is 18.1. The molecule has 0 amide bonds. The summed E-state index contributed by atoms with van der Waals surface area (Å²) >= 11 is 1.64. The van der Waals surface area contributed by atoms with E-state index in [0.717, 1.165) is 53.9 Å². The smallest absolute Gasteiger partial charge is 0.306 e. The predicted molar refractivity (Wildman–Crippen MR) is 101 cm³/mol. The van der Waals surface area contributed by atoms with Crippen LogP contribution in [0.15, 0.2) is 40.5 Å². The molecule has 1 saturated heterocycles. The monoisotopic (exact) mass is 370 g/mol. The highest BCUT2D eigenvalue weighted by atomic mass is 32.2. The molecule has 2 aliphatic heterocycles. The van der Waals surface area contributed by atoms with Crippen LogP contribution in [0.1, 0.15) is 25.3 Å². The summed E-state index contributed by atoms with van der Waals surface area (Å²) < 4.78 is 0. The van der Waals surface area contributed by atoms with Crippen LogP contribution in [0.25, 0.3) is 0 Å². The van der Waals surface area contributed by atoms with Crippen LogP contribution in [0.5, 0.6) is 0 Å². The molecule has 2 N–H and O–H groups in total.